The van der Waals surface area contributed by atoms with Crippen LogP contribution in [0.4, 0.5) is 19.0 Å². The third-order valence-electron chi connectivity index (χ3n) is 1.96. The van der Waals surface area contributed by atoms with Gasteiger partial charge in [0.15, 0.2) is 5.82 Å². The highest BCUT2D eigenvalue weighted by molar-refractivity contribution is 7.99. The van der Waals surface area contributed by atoms with Crippen molar-refractivity contribution in [3.8, 4) is 0 Å². The smallest absolute Gasteiger partial charge is 0.363 e. The molecule has 2 rings (SSSR count). The minimum Gasteiger partial charge on any atom is -0.363 e. The average molecular weight is 308 g/mol. The summed E-state index contributed by atoms with van der Waals surface area (Å²) in [6, 6.07) is 1.41. The SMILES string of the molecule is Nn1c(SCC(=O)Nc2ccon2)nnc1C(F)(F)F. The first-order valence-electron chi connectivity index (χ1n) is 4.98. The molecule has 0 atom stereocenters. The summed E-state index contributed by atoms with van der Waals surface area (Å²) in [5, 5.41) is 11.8. The fraction of sp³-hybridized carbons (Fsp3) is 0.250. The van der Waals surface area contributed by atoms with E-state index >= 15 is 0 Å². The molecule has 0 aromatic carbocycles. The lowest BCUT2D eigenvalue weighted by atomic mass is 10.6. The highest BCUT2D eigenvalue weighted by Crippen LogP contribution is 2.28. The molecule has 2 aromatic rings. The third-order valence-corrected chi connectivity index (χ3v) is 2.90. The van der Waals surface area contributed by atoms with E-state index in [9.17, 15) is 18.0 Å². The highest BCUT2D eigenvalue weighted by Gasteiger charge is 2.38. The van der Waals surface area contributed by atoms with Gasteiger partial charge in [0.25, 0.3) is 5.82 Å². The highest BCUT2D eigenvalue weighted by atomic mass is 32.2. The van der Waals surface area contributed by atoms with Crippen LogP contribution in [-0.2, 0) is 11.0 Å². The predicted molar refractivity (Wildman–Crippen MR) is 61.0 cm³/mol. The number of carbonyl (C=O) groups excluding carboxylic acids is 1. The lowest BCUT2D eigenvalue weighted by Crippen LogP contribution is -2.22. The van der Waals surface area contributed by atoms with Crippen molar-refractivity contribution in [1.29, 1.82) is 0 Å². The number of thioether (sulfide) groups is 1. The number of nitrogens with one attached hydrogen (secondary N) is 1. The van der Waals surface area contributed by atoms with E-state index in [1.54, 1.807) is 0 Å². The van der Waals surface area contributed by atoms with Crippen molar-refractivity contribution in [2.75, 3.05) is 16.9 Å². The van der Waals surface area contributed by atoms with E-state index < -0.39 is 17.9 Å². The Balaban J connectivity index is 1.94. The first kappa shape index (κ1) is 14.2. The third kappa shape index (κ3) is 3.20. The van der Waals surface area contributed by atoms with Gasteiger partial charge in [-0.3, -0.25) is 4.79 Å². The average Bonchev–Trinajstić information content (AvgIpc) is 2.95. The molecule has 20 heavy (non-hydrogen) atoms. The Morgan fingerprint density at radius 1 is 1.50 bits per heavy atom. The van der Waals surface area contributed by atoms with Gasteiger partial charge in [0.1, 0.15) is 6.26 Å². The molecule has 0 bridgehead atoms. The van der Waals surface area contributed by atoms with E-state index in [-0.39, 0.29) is 21.4 Å². The molecule has 2 heterocycles. The van der Waals surface area contributed by atoms with Gasteiger partial charge in [-0.1, -0.05) is 16.9 Å². The van der Waals surface area contributed by atoms with Crippen molar-refractivity contribution in [1.82, 2.24) is 20.0 Å². The Hall–Kier alpha value is -2.24. The van der Waals surface area contributed by atoms with Crippen LogP contribution in [0.2, 0.25) is 0 Å². The minimum absolute atomic E-state index is 0.195. The summed E-state index contributed by atoms with van der Waals surface area (Å²) in [5.74, 6) is 3.35. The molecule has 0 spiro atoms. The molecule has 0 saturated heterocycles. The lowest BCUT2D eigenvalue weighted by Gasteiger charge is -2.05. The van der Waals surface area contributed by atoms with E-state index in [1.807, 2.05) is 0 Å². The van der Waals surface area contributed by atoms with Crippen LogP contribution >= 0.6 is 11.8 Å². The number of nitrogen functional groups attached to an aromatic ring is 1. The zero-order valence-electron chi connectivity index (χ0n) is 9.59. The maximum absolute atomic E-state index is 12.4. The van der Waals surface area contributed by atoms with Gasteiger partial charge in [-0.2, -0.15) is 13.2 Å². The first-order chi connectivity index (χ1) is 9.38. The number of aromatic nitrogens is 4. The fourth-order valence-electron chi connectivity index (χ4n) is 1.15. The van der Waals surface area contributed by atoms with Crippen molar-refractivity contribution >= 4 is 23.5 Å². The van der Waals surface area contributed by atoms with Gasteiger partial charge in [0, 0.05) is 6.07 Å². The molecule has 2 aromatic heterocycles. The van der Waals surface area contributed by atoms with E-state index in [2.05, 4.69) is 25.2 Å². The number of nitrogens with zero attached hydrogens (tertiary/aromatic N) is 4. The summed E-state index contributed by atoms with van der Waals surface area (Å²) in [4.78, 5) is 11.5. The van der Waals surface area contributed by atoms with Gasteiger partial charge < -0.3 is 15.7 Å². The monoisotopic (exact) mass is 308 g/mol. The molecule has 108 valence electrons. The quantitative estimate of drug-likeness (QED) is 0.632. The van der Waals surface area contributed by atoms with Crippen LogP contribution in [-0.4, -0.2) is 31.7 Å². The summed E-state index contributed by atoms with van der Waals surface area (Å²) in [6.07, 6.45) is -3.45. The first-order valence-corrected chi connectivity index (χ1v) is 5.97. The van der Waals surface area contributed by atoms with Crippen molar-refractivity contribution < 1.29 is 22.5 Å². The van der Waals surface area contributed by atoms with Crippen LogP contribution < -0.4 is 11.2 Å². The largest absolute Gasteiger partial charge is 0.453 e. The number of halogens is 3. The van der Waals surface area contributed by atoms with E-state index in [0.717, 1.165) is 0 Å². The Labute approximate surface area is 113 Å². The number of amides is 1. The molecule has 0 fully saturated rings. The summed E-state index contributed by atoms with van der Waals surface area (Å²) in [6.45, 7) is 0. The number of carbonyl (C=O) groups is 1. The van der Waals surface area contributed by atoms with Gasteiger partial charge >= 0.3 is 6.18 Å². The van der Waals surface area contributed by atoms with Crippen LogP contribution in [0.1, 0.15) is 5.82 Å². The Morgan fingerprint density at radius 3 is 2.80 bits per heavy atom. The molecule has 0 aliphatic carbocycles. The fourth-order valence-corrected chi connectivity index (χ4v) is 1.81. The second-order valence-corrected chi connectivity index (χ2v) is 4.34. The number of rotatable bonds is 4. The normalized spacial score (nSPS) is 11.6. The number of anilines is 1. The van der Waals surface area contributed by atoms with Crippen LogP contribution in [0, 0.1) is 0 Å². The summed E-state index contributed by atoms with van der Waals surface area (Å²) in [7, 11) is 0. The minimum atomic E-state index is -4.70. The van der Waals surface area contributed by atoms with E-state index in [1.165, 1.54) is 12.3 Å². The van der Waals surface area contributed by atoms with Gasteiger partial charge in [-0.15, -0.1) is 10.2 Å². The summed E-state index contributed by atoms with van der Waals surface area (Å²) in [5.41, 5.74) is 0. The summed E-state index contributed by atoms with van der Waals surface area (Å²) < 4.78 is 42.0. The van der Waals surface area contributed by atoms with Gasteiger partial charge in [-0.25, -0.2) is 4.68 Å². The lowest BCUT2D eigenvalue weighted by molar-refractivity contribution is -0.146. The van der Waals surface area contributed by atoms with Crippen molar-refractivity contribution in [2.24, 2.45) is 0 Å². The molecule has 0 aliphatic heterocycles. The Kier molecular flexibility index (Phi) is 3.83. The van der Waals surface area contributed by atoms with E-state index in [4.69, 9.17) is 5.84 Å². The zero-order chi connectivity index (χ0) is 14.8. The maximum Gasteiger partial charge on any atom is 0.453 e. The molecule has 12 heteroatoms. The molecule has 0 saturated carbocycles. The van der Waals surface area contributed by atoms with E-state index in [0.29, 0.717) is 11.8 Å². The summed E-state index contributed by atoms with van der Waals surface area (Å²) >= 11 is 0.708. The maximum atomic E-state index is 12.4. The number of hydrogen-bond donors (Lipinski definition) is 2. The topological polar surface area (TPSA) is 112 Å². The Bertz CT molecular complexity index is 596. The predicted octanol–water partition coefficient (Wildman–Crippen LogP) is 0.730. The molecule has 0 radical (unpaired) electrons. The van der Waals surface area contributed by atoms with Gasteiger partial charge in [0.2, 0.25) is 11.1 Å². The van der Waals surface area contributed by atoms with Crippen molar-refractivity contribution in [3.63, 3.8) is 0 Å². The molecule has 1 amide bonds. The number of nitrogens with two attached hydrogens (primary N) is 1. The van der Waals surface area contributed by atoms with Crippen molar-refractivity contribution in [2.45, 2.75) is 11.3 Å². The van der Waals surface area contributed by atoms with Crippen LogP contribution in [0.5, 0.6) is 0 Å². The second-order valence-electron chi connectivity index (χ2n) is 3.40. The Morgan fingerprint density at radius 2 is 2.25 bits per heavy atom. The number of alkyl halides is 3. The number of hydrogen-bond acceptors (Lipinski definition) is 7. The van der Waals surface area contributed by atoms with Crippen LogP contribution in [0.3, 0.4) is 0 Å². The van der Waals surface area contributed by atoms with Crippen LogP contribution in [0.15, 0.2) is 22.0 Å². The molecular formula is C8H7F3N6O2S. The molecule has 0 unspecified atom stereocenters. The van der Waals surface area contributed by atoms with Gasteiger partial charge in [0.05, 0.1) is 5.75 Å². The molecular weight excluding hydrogens is 301 g/mol. The second kappa shape index (κ2) is 5.40. The molecule has 8 nitrogen and oxygen atoms in total. The molecule has 0 aliphatic rings. The molecule has 3 N–H and O–H groups in total. The van der Waals surface area contributed by atoms with Crippen molar-refractivity contribution in [3.05, 3.63) is 18.2 Å². The van der Waals surface area contributed by atoms with Gasteiger partial charge in [-0.05, 0) is 0 Å². The zero-order valence-corrected chi connectivity index (χ0v) is 10.4. The standard InChI is InChI=1S/C8H7F3N6O2S/c9-8(10,11)6-14-15-7(17(6)12)20-3-5(18)13-4-1-2-19-16-4/h1-2H,3,12H2,(H,13,16,18). The van der Waals surface area contributed by atoms with Crippen LogP contribution in [0.25, 0.3) is 0 Å².